The molecule has 1 aromatic rings. The van der Waals surface area contributed by atoms with Crippen molar-refractivity contribution in [3.63, 3.8) is 0 Å². The van der Waals surface area contributed by atoms with Crippen LogP contribution in [0.15, 0.2) is 29.2 Å². The Labute approximate surface area is 106 Å². The molecule has 2 unspecified atom stereocenters. The van der Waals surface area contributed by atoms with Crippen molar-refractivity contribution in [2.24, 2.45) is 11.7 Å². The lowest BCUT2D eigenvalue weighted by Crippen LogP contribution is -2.39. The highest BCUT2D eigenvalue weighted by Gasteiger charge is 2.21. The van der Waals surface area contributed by atoms with Crippen LogP contribution in [0.1, 0.15) is 13.8 Å². The van der Waals surface area contributed by atoms with Gasteiger partial charge in [-0.25, -0.2) is 0 Å². The minimum Gasteiger partial charge on any atom is -0.395 e. The van der Waals surface area contributed by atoms with Crippen LogP contribution in [-0.2, 0) is 0 Å². The molecule has 16 heavy (non-hydrogen) atoms. The maximum absolute atomic E-state index is 9.35. The van der Waals surface area contributed by atoms with E-state index >= 15 is 0 Å². The molecule has 0 aliphatic carbocycles. The Morgan fingerprint density at radius 3 is 2.50 bits per heavy atom. The van der Waals surface area contributed by atoms with Crippen LogP contribution < -0.4 is 5.73 Å². The Balaban J connectivity index is 2.74. The van der Waals surface area contributed by atoms with E-state index in [2.05, 4.69) is 13.8 Å². The van der Waals surface area contributed by atoms with E-state index in [1.54, 1.807) is 11.8 Å². The number of aliphatic hydroxyl groups is 1. The predicted octanol–water partition coefficient (Wildman–Crippen LogP) is 2.78. The SMILES string of the molecule is CC(C)C(N)C(CO)Sc1ccccc1Cl. The summed E-state index contributed by atoms with van der Waals surface area (Å²) in [7, 11) is 0. The molecule has 0 amide bonds. The Morgan fingerprint density at radius 2 is 2.00 bits per heavy atom. The van der Waals surface area contributed by atoms with Gasteiger partial charge >= 0.3 is 0 Å². The van der Waals surface area contributed by atoms with E-state index in [1.165, 1.54) is 0 Å². The number of hydrogen-bond acceptors (Lipinski definition) is 3. The highest BCUT2D eigenvalue weighted by molar-refractivity contribution is 8.00. The zero-order valence-corrected chi connectivity index (χ0v) is 11.1. The second kappa shape index (κ2) is 6.50. The number of hydrogen-bond donors (Lipinski definition) is 2. The number of aliphatic hydroxyl groups excluding tert-OH is 1. The van der Waals surface area contributed by atoms with E-state index in [0.29, 0.717) is 10.9 Å². The van der Waals surface area contributed by atoms with Crippen molar-refractivity contribution in [2.45, 2.75) is 30.0 Å². The van der Waals surface area contributed by atoms with Crippen molar-refractivity contribution in [3.05, 3.63) is 29.3 Å². The van der Waals surface area contributed by atoms with E-state index in [4.69, 9.17) is 17.3 Å². The molecule has 0 saturated heterocycles. The van der Waals surface area contributed by atoms with Crippen molar-refractivity contribution in [3.8, 4) is 0 Å². The first-order valence-electron chi connectivity index (χ1n) is 5.34. The third-order valence-electron chi connectivity index (χ3n) is 2.49. The first-order chi connectivity index (χ1) is 7.56. The summed E-state index contributed by atoms with van der Waals surface area (Å²) in [4.78, 5) is 0.972. The topological polar surface area (TPSA) is 46.2 Å². The van der Waals surface area contributed by atoms with Gasteiger partial charge in [-0.15, -0.1) is 11.8 Å². The standard InChI is InChI=1S/C12H18ClNOS/c1-8(2)12(14)11(7-15)16-10-6-4-3-5-9(10)13/h3-6,8,11-12,15H,7,14H2,1-2H3. The Bertz CT molecular complexity index is 333. The summed E-state index contributed by atoms with van der Waals surface area (Å²) in [6, 6.07) is 7.58. The molecule has 0 fully saturated rings. The van der Waals surface area contributed by atoms with Crippen LogP contribution in [0.5, 0.6) is 0 Å². The molecule has 0 saturated carbocycles. The number of rotatable bonds is 5. The molecule has 2 atom stereocenters. The monoisotopic (exact) mass is 259 g/mol. The molecule has 0 aliphatic heterocycles. The van der Waals surface area contributed by atoms with Crippen LogP contribution in [0.25, 0.3) is 0 Å². The van der Waals surface area contributed by atoms with E-state index in [0.717, 1.165) is 4.90 Å². The first-order valence-corrected chi connectivity index (χ1v) is 6.59. The molecule has 1 rings (SSSR count). The summed E-state index contributed by atoms with van der Waals surface area (Å²) < 4.78 is 0. The zero-order chi connectivity index (χ0) is 12.1. The number of halogens is 1. The summed E-state index contributed by atoms with van der Waals surface area (Å²) in [5, 5.41) is 10.0. The van der Waals surface area contributed by atoms with Crippen LogP contribution in [0.4, 0.5) is 0 Å². The van der Waals surface area contributed by atoms with Crippen LogP contribution in [0.3, 0.4) is 0 Å². The molecule has 0 aromatic heterocycles. The number of nitrogens with two attached hydrogens (primary N) is 1. The highest BCUT2D eigenvalue weighted by Crippen LogP contribution is 2.32. The van der Waals surface area contributed by atoms with Gasteiger partial charge in [-0.2, -0.15) is 0 Å². The van der Waals surface area contributed by atoms with Gasteiger partial charge in [0.25, 0.3) is 0 Å². The molecule has 0 aliphatic rings. The largest absolute Gasteiger partial charge is 0.395 e. The van der Waals surface area contributed by atoms with E-state index in [9.17, 15) is 5.11 Å². The van der Waals surface area contributed by atoms with Gasteiger partial charge in [-0.1, -0.05) is 37.6 Å². The minimum absolute atomic E-state index is 0.0140. The molecule has 1 aromatic carbocycles. The molecule has 90 valence electrons. The smallest absolute Gasteiger partial charge is 0.0568 e. The van der Waals surface area contributed by atoms with Gasteiger partial charge < -0.3 is 10.8 Å². The Kier molecular flexibility index (Phi) is 5.62. The maximum atomic E-state index is 9.35. The predicted molar refractivity (Wildman–Crippen MR) is 71.0 cm³/mol. The van der Waals surface area contributed by atoms with E-state index in [-0.39, 0.29) is 17.9 Å². The summed E-state index contributed by atoms with van der Waals surface area (Å²) in [6.07, 6.45) is 0. The third-order valence-corrected chi connectivity index (χ3v) is 4.31. The molecule has 0 heterocycles. The van der Waals surface area contributed by atoms with Crippen molar-refractivity contribution < 1.29 is 5.11 Å². The average Bonchev–Trinajstić information content (AvgIpc) is 2.27. The second-order valence-electron chi connectivity index (χ2n) is 4.09. The van der Waals surface area contributed by atoms with Crippen molar-refractivity contribution >= 4 is 23.4 Å². The molecule has 4 heteroatoms. The van der Waals surface area contributed by atoms with Gasteiger partial charge in [-0.05, 0) is 18.1 Å². The number of benzene rings is 1. The fraction of sp³-hybridized carbons (Fsp3) is 0.500. The fourth-order valence-corrected chi connectivity index (χ4v) is 2.85. The quantitative estimate of drug-likeness (QED) is 0.800. The molecular formula is C12H18ClNOS. The average molecular weight is 260 g/mol. The van der Waals surface area contributed by atoms with E-state index < -0.39 is 0 Å². The lowest BCUT2D eigenvalue weighted by Gasteiger charge is -2.24. The summed E-state index contributed by atoms with van der Waals surface area (Å²) in [5.74, 6) is 0.340. The summed E-state index contributed by atoms with van der Waals surface area (Å²) >= 11 is 7.61. The molecular weight excluding hydrogens is 242 g/mol. The maximum Gasteiger partial charge on any atom is 0.0568 e. The molecule has 0 bridgehead atoms. The van der Waals surface area contributed by atoms with Crippen molar-refractivity contribution in [1.29, 1.82) is 0 Å². The van der Waals surface area contributed by atoms with Crippen LogP contribution >= 0.6 is 23.4 Å². The summed E-state index contributed by atoms with van der Waals surface area (Å²) in [5.41, 5.74) is 6.05. The minimum atomic E-state index is -0.0359. The lowest BCUT2D eigenvalue weighted by molar-refractivity contribution is 0.269. The van der Waals surface area contributed by atoms with Crippen LogP contribution in [0, 0.1) is 5.92 Å². The van der Waals surface area contributed by atoms with Gasteiger partial charge in [0.15, 0.2) is 0 Å². The van der Waals surface area contributed by atoms with Crippen LogP contribution in [0.2, 0.25) is 5.02 Å². The van der Waals surface area contributed by atoms with Gasteiger partial charge in [-0.3, -0.25) is 0 Å². The van der Waals surface area contributed by atoms with Gasteiger partial charge in [0.1, 0.15) is 0 Å². The molecule has 3 N–H and O–H groups in total. The number of thioether (sulfide) groups is 1. The lowest BCUT2D eigenvalue weighted by atomic mass is 10.0. The fourth-order valence-electron chi connectivity index (χ4n) is 1.37. The van der Waals surface area contributed by atoms with Crippen LogP contribution in [-0.4, -0.2) is 23.0 Å². The van der Waals surface area contributed by atoms with Gasteiger partial charge in [0.2, 0.25) is 0 Å². The van der Waals surface area contributed by atoms with Crippen molar-refractivity contribution in [2.75, 3.05) is 6.61 Å². The van der Waals surface area contributed by atoms with Gasteiger partial charge in [0, 0.05) is 16.2 Å². The second-order valence-corrected chi connectivity index (χ2v) is 5.78. The Hall–Kier alpha value is -0.220. The highest BCUT2D eigenvalue weighted by atomic mass is 35.5. The van der Waals surface area contributed by atoms with Crippen molar-refractivity contribution in [1.82, 2.24) is 0 Å². The normalized spacial score (nSPS) is 15.1. The summed E-state index contributed by atoms with van der Waals surface area (Å²) in [6.45, 7) is 4.18. The first kappa shape index (κ1) is 13.8. The zero-order valence-electron chi connectivity index (χ0n) is 9.56. The molecule has 0 spiro atoms. The molecule has 2 nitrogen and oxygen atoms in total. The van der Waals surface area contributed by atoms with Gasteiger partial charge in [0.05, 0.1) is 11.6 Å². The van der Waals surface area contributed by atoms with E-state index in [1.807, 2.05) is 24.3 Å². The Morgan fingerprint density at radius 1 is 1.38 bits per heavy atom. The third kappa shape index (κ3) is 3.67. The molecule has 0 radical (unpaired) electrons.